The molecule has 142 valence electrons. The van der Waals surface area contributed by atoms with Crippen LogP contribution in [0.4, 0.5) is 0 Å². The maximum absolute atomic E-state index is 12.4. The van der Waals surface area contributed by atoms with E-state index in [2.05, 4.69) is 20.4 Å². The maximum Gasteiger partial charge on any atom is 0.262 e. The topological polar surface area (TPSA) is 106 Å². The maximum atomic E-state index is 12.4. The van der Waals surface area contributed by atoms with Gasteiger partial charge in [0.1, 0.15) is 11.1 Å². The van der Waals surface area contributed by atoms with E-state index in [-0.39, 0.29) is 17.2 Å². The third kappa shape index (κ3) is 3.70. The Hall–Kier alpha value is -3.33. The molecule has 0 fully saturated rings. The van der Waals surface area contributed by atoms with E-state index in [1.54, 1.807) is 23.1 Å². The molecular formula is C19H17N5O3S. The predicted molar refractivity (Wildman–Crippen MR) is 106 cm³/mol. The van der Waals surface area contributed by atoms with Crippen molar-refractivity contribution in [3.63, 3.8) is 0 Å². The molecule has 28 heavy (non-hydrogen) atoms. The van der Waals surface area contributed by atoms with Crippen LogP contribution in [0.1, 0.15) is 11.3 Å². The summed E-state index contributed by atoms with van der Waals surface area (Å²) in [5.74, 6) is 0.609. The van der Waals surface area contributed by atoms with Crippen LogP contribution in [0.3, 0.4) is 0 Å². The van der Waals surface area contributed by atoms with E-state index in [1.807, 2.05) is 31.2 Å². The van der Waals surface area contributed by atoms with Crippen molar-refractivity contribution < 1.29 is 9.21 Å². The summed E-state index contributed by atoms with van der Waals surface area (Å²) in [4.78, 5) is 31.6. The zero-order valence-electron chi connectivity index (χ0n) is 15.0. The Bertz CT molecular complexity index is 1180. The van der Waals surface area contributed by atoms with Crippen LogP contribution in [0.15, 0.2) is 63.2 Å². The minimum absolute atomic E-state index is 0.119. The summed E-state index contributed by atoms with van der Waals surface area (Å²) in [5, 5.41) is 7.83. The van der Waals surface area contributed by atoms with E-state index >= 15 is 0 Å². The highest BCUT2D eigenvalue weighted by molar-refractivity contribution is 7.99. The van der Waals surface area contributed by atoms with Gasteiger partial charge in [-0.05, 0) is 30.7 Å². The van der Waals surface area contributed by atoms with Crippen LogP contribution in [0.5, 0.6) is 0 Å². The van der Waals surface area contributed by atoms with Crippen LogP contribution in [0.2, 0.25) is 0 Å². The van der Waals surface area contributed by atoms with Crippen molar-refractivity contribution in [3.05, 3.63) is 70.5 Å². The van der Waals surface area contributed by atoms with Crippen molar-refractivity contribution in [1.29, 1.82) is 0 Å². The number of aryl methyl sites for hydroxylation is 1. The predicted octanol–water partition coefficient (Wildman–Crippen LogP) is 2.42. The number of hydrogen-bond acceptors (Lipinski definition) is 6. The molecule has 0 unspecified atom stereocenters. The van der Waals surface area contributed by atoms with E-state index in [0.29, 0.717) is 28.5 Å². The van der Waals surface area contributed by atoms with Crippen molar-refractivity contribution in [1.82, 2.24) is 25.1 Å². The van der Waals surface area contributed by atoms with Gasteiger partial charge in [-0.2, -0.15) is 5.10 Å². The Morgan fingerprint density at radius 2 is 2.14 bits per heavy atom. The average Bonchev–Trinajstić information content (AvgIpc) is 3.35. The molecule has 1 amide bonds. The third-order valence-corrected chi connectivity index (χ3v) is 5.01. The number of hydrogen-bond donors (Lipinski definition) is 2. The van der Waals surface area contributed by atoms with Crippen LogP contribution in [0, 0.1) is 6.92 Å². The van der Waals surface area contributed by atoms with Gasteiger partial charge < -0.3 is 14.7 Å². The fourth-order valence-corrected chi connectivity index (χ4v) is 3.41. The molecule has 0 spiro atoms. The number of rotatable bonds is 6. The first kappa shape index (κ1) is 18.1. The molecule has 0 aliphatic carbocycles. The SMILES string of the molecule is Cc1ccccc1-n1ncc2c(=O)[nH]c(SCC(=O)NCc3ccco3)nc21. The molecule has 4 aromatic rings. The molecule has 3 heterocycles. The second-order valence-corrected chi connectivity index (χ2v) is 7.06. The standard InChI is InChI=1S/C19H17N5O3S/c1-12-5-2-3-7-15(12)24-17-14(10-21-24)18(26)23-19(22-17)28-11-16(25)20-9-13-6-4-8-27-13/h2-8,10H,9,11H2,1H3,(H,20,25)(H,22,23,26). The van der Waals surface area contributed by atoms with Gasteiger partial charge in [0.25, 0.3) is 5.56 Å². The number of aromatic amines is 1. The number of amides is 1. The third-order valence-electron chi connectivity index (χ3n) is 4.14. The Labute approximate surface area is 164 Å². The van der Waals surface area contributed by atoms with Gasteiger partial charge in [0.2, 0.25) is 5.91 Å². The molecule has 0 aliphatic heterocycles. The van der Waals surface area contributed by atoms with E-state index in [1.165, 1.54) is 6.20 Å². The molecule has 9 heteroatoms. The lowest BCUT2D eigenvalue weighted by atomic mass is 10.2. The number of aromatic nitrogens is 4. The molecule has 0 bridgehead atoms. The molecule has 8 nitrogen and oxygen atoms in total. The number of furan rings is 1. The van der Waals surface area contributed by atoms with Gasteiger partial charge in [0.05, 0.1) is 30.4 Å². The summed E-state index contributed by atoms with van der Waals surface area (Å²) in [6, 6.07) is 11.3. The lowest BCUT2D eigenvalue weighted by Gasteiger charge is -2.07. The summed E-state index contributed by atoms with van der Waals surface area (Å²) in [6.45, 7) is 2.28. The van der Waals surface area contributed by atoms with Crippen LogP contribution in [0.25, 0.3) is 16.7 Å². The van der Waals surface area contributed by atoms with Gasteiger partial charge in [-0.25, -0.2) is 9.67 Å². The minimum atomic E-state index is -0.289. The van der Waals surface area contributed by atoms with E-state index in [9.17, 15) is 9.59 Å². The van der Waals surface area contributed by atoms with E-state index in [4.69, 9.17) is 4.42 Å². The lowest BCUT2D eigenvalue weighted by Crippen LogP contribution is -2.24. The fraction of sp³-hybridized carbons (Fsp3) is 0.158. The molecule has 3 aromatic heterocycles. The second kappa shape index (κ2) is 7.73. The van der Waals surface area contributed by atoms with Crippen LogP contribution in [-0.4, -0.2) is 31.4 Å². The second-order valence-electron chi connectivity index (χ2n) is 6.10. The highest BCUT2D eigenvalue weighted by atomic mass is 32.2. The molecule has 2 N–H and O–H groups in total. The highest BCUT2D eigenvalue weighted by Crippen LogP contribution is 2.19. The quantitative estimate of drug-likeness (QED) is 0.384. The van der Waals surface area contributed by atoms with Gasteiger partial charge >= 0.3 is 0 Å². The van der Waals surface area contributed by atoms with Crippen LogP contribution < -0.4 is 10.9 Å². The Kier molecular flexibility index (Phi) is 4.98. The van der Waals surface area contributed by atoms with Crippen molar-refractivity contribution in [3.8, 4) is 5.69 Å². The smallest absolute Gasteiger partial charge is 0.262 e. The fourth-order valence-electron chi connectivity index (χ4n) is 2.73. The zero-order valence-corrected chi connectivity index (χ0v) is 15.8. The van der Waals surface area contributed by atoms with E-state index < -0.39 is 0 Å². The zero-order chi connectivity index (χ0) is 19.5. The highest BCUT2D eigenvalue weighted by Gasteiger charge is 2.14. The number of benzene rings is 1. The lowest BCUT2D eigenvalue weighted by molar-refractivity contribution is -0.118. The molecule has 0 saturated heterocycles. The van der Waals surface area contributed by atoms with Crippen molar-refractivity contribution in [2.45, 2.75) is 18.6 Å². The molecule has 0 atom stereocenters. The largest absolute Gasteiger partial charge is 0.467 e. The van der Waals surface area contributed by atoms with Crippen molar-refractivity contribution in [2.75, 3.05) is 5.75 Å². The summed E-state index contributed by atoms with van der Waals surface area (Å²) in [7, 11) is 0. The Morgan fingerprint density at radius 3 is 2.93 bits per heavy atom. The Morgan fingerprint density at radius 1 is 1.29 bits per heavy atom. The monoisotopic (exact) mass is 395 g/mol. The molecule has 0 radical (unpaired) electrons. The number of nitrogens with zero attached hydrogens (tertiary/aromatic N) is 3. The van der Waals surface area contributed by atoms with Crippen LogP contribution in [-0.2, 0) is 11.3 Å². The number of carbonyl (C=O) groups is 1. The summed E-state index contributed by atoms with van der Waals surface area (Å²) in [6.07, 6.45) is 3.05. The molecule has 1 aromatic carbocycles. The number of H-pyrrole nitrogens is 1. The van der Waals surface area contributed by atoms with Crippen molar-refractivity contribution >= 4 is 28.7 Å². The van der Waals surface area contributed by atoms with Gasteiger partial charge in [0, 0.05) is 0 Å². The van der Waals surface area contributed by atoms with Gasteiger partial charge in [-0.1, -0.05) is 30.0 Å². The van der Waals surface area contributed by atoms with Crippen molar-refractivity contribution in [2.24, 2.45) is 0 Å². The number of carbonyl (C=O) groups excluding carboxylic acids is 1. The summed E-state index contributed by atoms with van der Waals surface area (Å²) < 4.78 is 6.82. The number of para-hydroxylation sites is 1. The molecule has 4 rings (SSSR count). The van der Waals surface area contributed by atoms with Gasteiger partial charge in [0.15, 0.2) is 10.8 Å². The van der Waals surface area contributed by atoms with Gasteiger partial charge in [-0.3, -0.25) is 9.59 Å². The first-order chi connectivity index (χ1) is 13.6. The first-order valence-corrected chi connectivity index (χ1v) is 9.56. The molecule has 0 aliphatic rings. The summed E-state index contributed by atoms with van der Waals surface area (Å²) >= 11 is 1.16. The minimum Gasteiger partial charge on any atom is -0.467 e. The molecular weight excluding hydrogens is 378 g/mol. The van der Waals surface area contributed by atoms with E-state index in [0.717, 1.165) is 23.0 Å². The first-order valence-electron chi connectivity index (χ1n) is 8.58. The summed E-state index contributed by atoms with van der Waals surface area (Å²) in [5.41, 5.74) is 2.03. The molecule has 0 saturated carbocycles. The number of fused-ring (bicyclic) bond motifs is 1. The van der Waals surface area contributed by atoms with Gasteiger partial charge in [-0.15, -0.1) is 0 Å². The average molecular weight is 395 g/mol. The normalized spacial score (nSPS) is 11.0. The Balaban J connectivity index is 1.53. The number of thioether (sulfide) groups is 1. The van der Waals surface area contributed by atoms with Crippen LogP contribution >= 0.6 is 11.8 Å². The number of nitrogens with one attached hydrogen (secondary N) is 2.